The van der Waals surface area contributed by atoms with Crippen molar-refractivity contribution < 1.29 is 42.9 Å². The minimum atomic E-state index is -1.13. The van der Waals surface area contributed by atoms with Crippen molar-refractivity contribution in [1.29, 1.82) is 0 Å². The van der Waals surface area contributed by atoms with Gasteiger partial charge in [0, 0.05) is 27.7 Å². The Labute approximate surface area is 147 Å². The van der Waals surface area contributed by atoms with E-state index in [1.54, 1.807) is 0 Å². The fourth-order valence-corrected chi connectivity index (χ4v) is 2.86. The average Bonchev–Trinajstić information content (AvgIpc) is 2.42. The monoisotopic (exact) mass is 410 g/mol. The first kappa shape index (κ1) is 20.4. The molecule has 5 atom stereocenters. The van der Waals surface area contributed by atoms with Crippen LogP contribution in [0.25, 0.3) is 0 Å². The van der Waals surface area contributed by atoms with E-state index in [-0.39, 0.29) is 6.61 Å². The molecule has 0 aromatic carbocycles. The third-order valence-electron chi connectivity index (χ3n) is 2.93. The molecule has 0 amide bonds. The minimum Gasteiger partial charge on any atom is -0.463 e. The highest BCUT2D eigenvalue weighted by molar-refractivity contribution is 9.09. The molecule has 0 unspecified atom stereocenters. The van der Waals surface area contributed by atoms with Gasteiger partial charge in [-0.2, -0.15) is 0 Å². The van der Waals surface area contributed by atoms with Crippen molar-refractivity contribution in [1.82, 2.24) is 0 Å². The Hall–Kier alpha value is -1.68. The summed E-state index contributed by atoms with van der Waals surface area (Å²) >= 11 is 3.18. The summed E-state index contributed by atoms with van der Waals surface area (Å²) < 4.78 is 25.9. The van der Waals surface area contributed by atoms with Gasteiger partial charge in [0.1, 0.15) is 12.7 Å². The normalized spacial score (nSPS) is 29.3. The van der Waals surface area contributed by atoms with Crippen molar-refractivity contribution in [3.63, 3.8) is 0 Å². The summed E-state index contributed by atoms with van der Waals surface area (Å²) in [7, 11) is 0. The Bertz CT molecular complexity index is 506. The third-order valence-corrected chi connectivity index (χ3v) is 3.67. The lowest BCUT2D eigenvalue weighted by atomic mass is 9.99. The molecule has 9 nitrogen and oxygen atoms in total. The highest BCUT2D eigenvalue weighted by Gasteiger charge is 2.51. The van der Waals surface area contributed by atoms with Crippen LogP contribution in [0.15, 0.2) is 0 Å². The fraction of sp³-hybridized carbons (Fsp3) is 0.714. The van der Waals surface area contributed by atoms with Gasteiger partial charge in [-0.3, -0.25) is 19.2 Å². The van der Waals surface area contributed by atoms with E-state index >= 15 is 0 Å². The van der Waals surface area contributed by atoms with E-state index in [4.69, 9.17) is 23.7 Å². The second kappa shape index (κ2) is 8.97. The van der Waals surface area contributed by atoms with Gasteiger partial charge in [-0.25, -0.2) is 0 Å². The molecule has 1 aliphatic heterocycles. The lowest BCUT2D eigenvalue weighted by molar-refractivity contribution is -0.236. The molecule has 0 aromatic heterocycles. The van der Waals surface area contributed by atoms with Crippen LogP contribution < -0.4 is 0 Å². The summed E-state index contributed by atoms with van der Waals surface area (Å²) in [6.45, 7) is 4.47. The number of hydrogen-bond donors (Lipinski definition) is 0. The summed E-state index contributed by atoms with van der Waals surface area (Å²) in [6.07, 6.45) is -4.22. The predicted octanol–water partition coefficient (Wildman–Crippen LogP) is 0.464. The summed E-state index contributed by atoms with van der Waals surface area (Å²) in [5.41, 5.74) is 0. The van der Waals surface area contributed by atoms with Crippen LogP contribution in [-0.4, -0.2) is 59.9 Å². The highest BCUT2D eigenvalue weighted by Crippen LogP contribution is 2.31. The predicted molar refractivity (Wildman–Crippen MR) is 80.9 cm³/mol. The van der Waals surface area contributed by atoms with Crippen LogP contribution >= 0.6 is 15.9 Å². The Morgan fingerprint density at radius 1 is 0.792 bits per heavy atom. The van der Waals surface area contributed by atoms with Crippen molar-refractivity contribution in [3.05, 3.63) is 0 Å². The summed E-state index contributed by atoms with van der Waals surface area (Å²) in [5, 5.41) is -0.863. The fourth-order valence-electron chi connectivity index (χ4n) is 2.18. The van der Waals surface area contributed by atoms with Crippen LogP contribution in [0.2, 0.25) is 0 Å². The molecule has 0 aliphatic carbocycles. The largest absolute Gasteiger partial charge is 0.463 e. The smallest absolute Gasteiger partial charge is 0.303 e. The summed E-state index contributed by atoms with van der Waals surface area (Å²) in [6, 6.07) is 0. The maximum absolute atomic E-state index is 11.4. The standard InChI is InChI=1S/C14H19BrO9/c1-6(16)20-5-10-11(21-7(2)17)12(22-8(3)18)13(14(15)24-10)23-9(4)19/h10-14H,5H2,1-4H3/t10-,11-,12+,13+,14+/m1/s1. The molecule has 0 N–H and O–H groups in total. The number of carbonyl (C=O) groups excluding carboxylic acids is 4. The second-order valence-electron chi connectivity index (χ2n) is 5.05. The molecule has 0 spiro atoms. The summed E-state index contributed by atoms with van der Waals surface area (Å²) in [5.74, 6) is -2.52. The quantitative estimate of drug-likeness (QED) is 0.362. The zero-order chi connectivity index (χ0) is 18.4. The molecule has 0 aromatic rings. The van der Waals surface area contributed by atoms with Crippen LogP contribution in [-0.2, 0) is 42.9 Å². The van der Waals surface area contributed by atoms with Crippen LogP contribution in [0.5, 0.6) is 0 Å². The number of ether oxygens (including phenoxy) is 5. The molecular formula is C14H19BrO9. The Morgan fingerprint density at radius 2 is 1.25 bits per heavy atom. The molecule has 10 heteroatoms. The van der Waals surface area contributed by atoms with E-state index in [9.17, 15) is 19.2 Å². The second-order valence-corrected chi connectivity index (χ2v) is 5.95. The molecule has 1 heterocycles. The third kappa shape index (κ3) is 6.08. The van der Waals surface area contributed by atoms with Gasteiger partial charge in [-0.1, -0.05) is 15.9 Å². The topological polar surface area (TPSA) is 114 Å². The van der Waals surface area contributed by atoms with E-state index in [0.29, 0.717) is 0 Å². The van der Waals surface area contributed by atoms with Gasteiger partial charge in [0.2, 0.25) is 0 Å². The van der Waals surface area contributed by atoms with E-state index < -0.39 is 53.3 Å². The molecule has 1 rings (SSSR count). The maximum atomic E-state index is 11.4. The lowest BCUT2D eigenvalue weighted by Gasteiger charge is -2.42. The Balaban J connectivity index is 3.11. The SMILES string of the molecule is CC(=O)OC[C@H]1O[C@H](Br)[C@@H](OC(C)=O)[C@@H](OC(C)=O)[C@@H]1OC(C)=O. The van der Waals surface area contributed by atoms with Crippen molar-refractivity contribution in [2.75, 3.05) is 6.61 Å². The van der Waals surface area contributed by atoms with E-state index in [0.717, 1.165) is 13.8 Å². The number of rotatable bonds is 5. The molecule has 0 saturated carbocycles. The van der Waals surface area contributed by atoms with Crippen LogP contribution in [0.4, 0.5) is 0 Å². The highest BCUT2D eigenvalue weighted by atomic mass is 79.9. The average molecular weight is 411 g/mol. The zero-order valence-corrected chi connectivity index (χ0v) is 15.2. The van der Waals surface area contributed by atoms with Crippen molar-refractivity contribution in [3.8, 4) is 0 Å². The van der Waals surface area contributed by atoms with Gasteiger partial charge in [-0.05, 0) is 0 Å². The van der Waals surface area contributed by atoms with E-state index in [1.807, 2.05) is 0 Å². The van der Waals surface area contributed by atoms with Gasteiger partial charge in [0.15, 0.2) is 23.3 Å². The first-order valence-corrected chi connectivity index (χ1v) is 7.98. The first-order valence-electron chi connectivity index (χ1n) is 7.06. The molecule has 136 valence electrons. The number of esters is 4. The molecular weight excluding hydrogens is 392 g/mol. The minimum absolute atomic E-state index is 0.236. The van der Waals surface area contributed by atoms with Gasteiger partial charge in [0.25, 0.3) is 0 Å². The van der Waals surface area contributed by atoms with Crippen LogP contribution in [0.3, 0.4) is 0 Å². The van der Waals surface area contributed by atoms with Crippen molar-refractivity contribution >= 4 is 39.8 Å². The van der Waals surface area contributed by atoms with E-state index in [1.165, 1.54) is 13.8 Å². The van der Waals surface area contributed by atoms with Crippen molar-refractivity contribution in [2.24, 2.45) is 0 Å². The number of alkyl halides is 1. The molecule has 0 radical (unpaired) electrons. The summed E-state index contributed by atoms with van der Waals surface area (Å²) in [4.78, 5) is 45.1. The Kier molecular flexibility index (Phi) is 7.61. The Morgan fingerprint density at radius 3 is 1.71 bits per heavy atom. The first-order chi connectivity index (χ1) is 11.1. The van der Waals surface area contributed by atoms with Gasteiger partial charge < -0.3 is 23.7 Å². The van der Waals surface area contributed by atoms with Gasteiger partial charge in [-0.15, -0.1) is 0 Å². The van der Waals surface area contributed by atoms with Crippen LogP contribution in [0, 0.1) is 0 Å². The number of hydrogen-bond acceptors (Lipinski definition) is 9. The lowest BCUT2D eigenvalue weighted by Crippen LogP contribution is -2.60. The number of carbonyl (C=O) groups is 4. The molecule has 24 heavy (non-hydrogen) atoms. The van der Waals surface area contributed by atoms with Crippen molar-refractivity contribution in [2.45, 2.75) is 57.1 Å². The molecule has 1 fully saturated rings. The zero-order valence-electron chi connectivity index (χ0n) is 13.6. The maximum Gasteiger partial charge on any atom is 0.303 e. The number of halogens is 1. The van der Waals surface area contributed by atoms with Gasteiger partial charge >= 0.3 is 23.9 Å². The molecule has 1 aliphatic rings. The van der Waals surface area contributed by atoms with Crippen LogP contribution in [0.1, 0.15) is 27.7 Å². The van der Waals surface area contributed by atoms with E-state index in [2.05, 4.69) is 15.9 Å². The molecule has 1 saturated heterocycles. The van der Waals surface area contributed by atoms with Gasteiger partial charge in [0.05, 0.1) is 0 Å². The molecule has 0 bridgehead atoms.